The first-order valence-electron chi connectivity index (χ1n) is 10.6. The van der Waals surface area contributed by atoms with E-state index in [9.17, 15) is 4.79 Å². The van der Waals surface area contributed by atoms with Crippen LogP contribution in [-0.4, -0.2) is 59.1 Å². The van der Waals surface area contributed by atoms with Crippen LogP contribution in [0.2, 0.25) is 0 Å². The first kappa shape index (κ1) is 22.4. The van der Waals surface area contributed by atoms with E-state index in [-0.39, 0.29) is 5.91 Å². The van der Waals surface area contributed by atoms with Gasteiger partial charge in [-0.05, 0) is 62.8 Å². The highest BCUT2D eigenvalue weighted by Gasteiger charge is 2.20. The van der Waals surface area contributed by atoms with Gasteiger partial charge in [0.05, 0.1) is 5.69 Å². The predicted octanol–water partition coefficient (Wildman–Crippen LogP) is 4.15. The number of nitrogens with zero attached hydrogens (tertiary/aromatic N) is 3. The highest BCUT2D eigenvalue weighted by atomic mass is 16.2. The minimum absolute atomic E-state index is 0.157. The second-order valence-electron chi connectivity index (χ2n) is 9.05. The topological polar surface area (TPSA) is 52.2 Å². The van der Waals surface area contributed by atoms with E-state index in [1.807, 2.05) is 11.8 Å². The Labute approximate surface area is 170 Å². The average molecular weight is 387 g/mol. The van der Waals surface area contributed by atoms with Crippen molar-refractivity contribution in [2.24, 2.45) is 11.8 Å². The van der Waals surface area contributed by atoms with Crippen LogP contribution in [-0.2, 0) is 11.2 Å². The molecule has 0 unspecified atom stereocenters. The van der Waals surface area contributed by atoms with Gasteiger partial charge < -0.3 is 9.80 Å². The Morgan fingerprint density at radius 1 is 1.14 bits per heavy atom. The molecule has 1 aliphatic rings. The van der Waals surface area contributed by atoms with Crippen molar-refractivity contribution in [2.75, 3.05) is 33.2 Å². The van der Waals surface area contributed by atoms with E-state index < -0.39 is 0 Å². The summed E-state index contributed by atoms with van der Waals surface area (Å²) in [5.41, 5.74) is 5.34. The normalized spacial score (nSPS) is 17.5. The van der Waals surface area contributed by atoms with Gasteiger partial charge in [-0.2, -0.15) is 5.10 Å². The maximum atomic E-state index is 12.9. The van der Waals surface area contributed by atoms with Gasteiger partial charge in [0.2, 0.25) is 5.91 Å². The standard InChI is InChI=1S/C23H38N4O/c1-16(2)12-20(19(6)22-15-21(24-25-22)13-17(3)4)14-18(5)23(28)27-10-8-26(7)9-11-27/h14-17H,8-13H2,1-7H3,(H,24,25)/b18-14+,20-19+. The Hall–Kier alpha value is -1.88. The summed E-state index contributed by atoms with van der Waals surface area (Å²) >= 11 is 0. The smallest absolute Gasteiger partial charge is 0.249 e. The number of allylic oxidation sites excluding steroid dienone is 3. The number of aromatic nitrogens is 2. The summed E-state index contributed by atoms with van der Waals surface area (Å²) in [6, 6.07) is 2.15. The fraction of sp³-hybridized carbons (Fsp3) is 0.652. The molecule has 5 heteroatoms. The molecule has 28 heavy (non-hydrogen) atoms. The molecule has 0 saturated carbocycles. The molecule has 0 radical (unpaired) electrons. The Balaban J connectivity index is 2.25. The molecule has 1 aromatic heterocycles. The van der Waals surface area contributed by atoms with Gasteiger partial charge in [0.25, 0.3) is 0 Å². The second kappa shape index (κ2) is 10.1. The number of hydrogen-bond donors (Lipinski definition) is 1. The zero-order valence-electron chi connectivity index (χ0n) is 18.8. The van der Waals surface area contributed by atoms with Crippen LogP contribution in [0, 0.1) is 11.8 Å². The van der Waals surface area contributed by atoms with E-state index in [0.717, 1.165) is 55.9 Å². The molecule has 1 N–H and O–H groups in total. The molecule has 1 fully saturated rings. The van der Waals surface area contributed by atoms with Crippen LogP contribution in [0.3, 0.4) is 0 Å². The molecule has 5 nitrogen and oxygen atoms in total. The third-order valence-corrected chi connectivity index (χ3v) is 5.27. The monoisotopic (exact) mass is 386 g/mol. The Morgan fingerprint density at radius 2 is 1.79 bits per heavy atom. The number of hydrogen-bond acceptors (Lipinski definition) is 3. The lowest BCUT2D eigenvalue weighted by Gasteiger charge is -2.32. The van der Waals surface area contributed by atoms with Crippen LogP contribution in [0.4, 0.5) is 0 Å². The molecule has 1 aliphatic heterocycles. The van der Waals surface area contributed by atoms with Crippen molar-refractivity contribution in [1.29, 1.82) is 0 Å². The van der Waals surface area contributed by atoms with Crippen molar-refractivity contribution in [3.05, 3.63) is 34.7 Å². The summed E-state index contributed by atoms with van der Waals surface area (Å²) in [4.78, 5) is 17.1. The molecule has 1 amide bonds. The van der Waals surface area contributed by atoms with Crippen LogP contribution in [0.5, 0.6) is 0 Å². The van der Waals surface area contributed by atoms with E-state index in [0.29, 0.717) is 11.8 Å². The minimum Gasteiger partial charge on any atom is -0.336 e. The van der Waals surface area contributed by atoms with Gasteiger partial charge in [-0.1, -0.05) is 33.8 Å². The Bertz CT molecular complexity index is 719. The highest BCUT2D eigenvalue weighted by molar-refractivity contribution is 5.94. The summed E-state index contributed by atoms with van der Waals surface area (Å²) < 4.78 is 0. The number of aromatic amines is 1. The number of piperazine rings is 1. The molecular formula is C23H38N4O. The number of nitrogens with one attached hydrogen (secondary N) is 1. The second-order valence-corrected chi connectivity index (χ2v) is 9.05. The van der Waals surface area contributed by atoms with Crippen LogP contribution in [0.15, 0.2) is 23.3 Å². The van der Waals surface area contributed by atoms with Gasteiger partial charge in [-0.25, -0.2) is 0 Å². The Morgan fingerprint density at radius 3 is 2.36 bits per heavy atom. The quantitative estimate of drug-likeness (QED) is 0.566. The SMILES string of the molecule is C/C(=C\C(CC(C)C)=C(/C)c1cc(CC(C)C)[nH]n1)C(=O)N1CCN(C)CC1. The summed E-state index contributed by atoms with van der Waals surface area (Å²) in [6.07, 6.45) is 4.02. The van der Waals surface area contributed by atoms with E-state index in [4.69, 9.17) is 0 Å². The molecule has 0 aliphatic carbocycles. The summed E-state index contributed by atoms with van der Waals surface area (Å²) in [5.74, 6) is 1.27. The van der Waals surface area contributed by atoms with Gasteiger partial charge in [-0.3, -0.25) is 9.89 Å². The van der Waals surface area contributed by atoms with Gasteiger partial charge >= 0.3 is 0 Å². The van der Waals surface area contributed by atoms with Crippen LogP contribution >= 0.6 is 0 Å². The molecule has 0 spiro atoms. The molecule has 2 heterocycles. The maximum Gasteiger partial charge on any atom is 0.249 e. The first-order valence-corrected chi connectivity index (χ1v) is 10.6. The molecule has 156 valence electrons. The summed E-state index contributed by atoms with van der Waals surface area (Å²) in [5, 5.41) is 7.71. The molecule has 1 aromatic rings. The van der Waals surface area contributed by atoms with Crippen molar-refractivity contribution in [1.82, 2.24) is 20.0 Å². The molecule has 1 saturated heterocycles. The van der Waals surface area contributed by atoms with Crippen LogP contribution in [0.25, 0.3) is 5.57 Å². The fourth-order valence-electron chi connectivity index (χ4n) is 3.60. The van der Waals surface area contributed by atoms with Gasteiger partial charge in [0.15, 0.2) is 0 Å². The lowest BCUT2D eigenvalue weighted by atomic mass is 9.95. The summed E-state index contributed by atoms with van der Waals surface area (Å²) in [6.45, 7) is 16.4. The van der Waals surface area contributed by atoms with E-state index in [2.05, 4.69) is 68.9 Å². The van der Waals surface area contributed by atoms with Crippen molar-refractivity contribution in [2.45, 2.75) is 54.4 Å². The molecule has 0 aromatic carbocycles. The molecular weight excluding hydrogens is 348 g/mol. The number of carbonyl (C=O) groups excluding carboxylic acids is 1. The molecule has 2 rings (SSSR count). The van der Waals surface area contributed by atoms with Crippen LogP contribution in [0.1, 0.15) is 59.4 Å². The number of carbonyl (C=O) groups is 1. The third-order valence-electron chi connectivity index (χ3n) is 5.27. The average Bonchev–Trinajstić information content (AvgIpc) is 3.07. The minimum atomic E-state index is 0.157. The van der Waals surface area contributed by atoms with Crippen molar-refractivity contribution < 1.29 is 4.79 Å². The Kier molecular flexibility index (Phi) is 8.05. The third kappa shape index (κ3) is 6.33. The lowest BCUT2D eigenvalue weighted by Crippen LogP contribution is -2.47. The van der Waals surface area contributed by atoms with Gasteiger partial charge in [-0.15, -0.1) is 0 Å². The number of rotatable bonds is 7. The summed E-state index contributed by atoms with van der Waals surface area (Å²) in [7, 11) is 2.11. The van der Waals surface area contributed by atoms with Gasteiger partial charge in [0, 0.05) is 37.4 Å². The maximum absolute atomic E-state index is 12.9. The highest BCUT2D eigenvalue weighted by Crippen LogP contribution is 2.25. The lowest BCUT2D eigenvalue weighted by molar-refractivity contribution is -0.128. The molecule has 0 atom stereocenters. The van der Waals surface area contributed by atoms with E-state index in [1.165, 1.54) is 11.3 Å². The van der Waals surface area contributed by atoms with Crippen molar-refractivity contribution in [3.63, 3.8) is 0 Å². The number of H-pyrrole nitrogens is 1. The van der Waals surface area contributed by atoms with E-state index in [1.54, 1.807) is 0 Å². The first-order chi connectivity index (χ1) is 13.2. The van der Waals surface area contributed by atoms with Crippen LogP contribution < -0.4 is 0 Å². The largest absolute Gasteiger partial charge is 0.336 e. The molecule has 0 bridgehead atoms. The zero-order valence-corrected chi connectivity index (χ0v) is 18.8. The van der Waals surface area contributed by atoms with Crippen molar-refractivity contribution >= 4 is 11.5 Å². The van der Waals surface area contributed by atoms with Gasteiger partial charge in [0.1, 0.15) is 0 Å². The fourth-order valence-corrected chi connectivity index (χ4v) is 3.60. The number of amides is 1. The predicted molar refractivity (Wildman–Crippen MR) is 117 cm³/mol. The zero-order chi connectivity index (χ0) is 20.8. The number of likely N-dealkylation sites (N-methyl/N-ethyl adjacent to an activating group) is 1. The van der Waals surface area contributed by atoms with Crippen molar-refractivity contribution in [3.8, 4) is 0 Å². The van der Waals surface area contributed by atoms with E-state index >= 15 is 0 Å².